The second-order valence-corrected chi connectivity index (χ2v) is 11.5. The average molecular weight is 519 g/mol. The van der Waals surface area contributed by atoms with Crippen LogP contribution in [0.3, 0.4) is 0 Å². The molecule has 0 spiro atoms. The van der Waals surface area contributed by atoms with Crippen molar-refractivity contribution in [2.45, 2.75) is 75.7 Å². The van der Waals surface area contributed by atoms with Crippen LogP contribution in [0, 0.1) is 11.7 Å². The van der Waals surface area contributed by atoms with E-state index in [0.717, 1.165) is 43.6 Å². The Morgan fingerprint density at radius 1 is 0.974 bits per heavy atom. The molecule has 4 fully saturated rings. The number of benzene rings is 2. The zero-order valence-electron chi connectivity index (χ0n) is 21.7. The Balaban J connectivity index is 1.04. The Labute approximate surface area is 222 Å². The van der Waals surface area contributed by atoms with E-state index in [1.807, 2.05) is 18.2 Å². The highest BCUT2D eigenvalue weighted by molar-refractivity contribution is 5.83. The van der Waals surface area contributed by atoms with Crippen LogP contribution in [0.15, 0.2) is 53.5 Å². The standard InChI is InChI=1S/C31H35FN2O4/c32-29-17-24(7-10-30(29)38-27-15-22-5-6-23(16-27)34(22)18-20-3-4-20)33-12-11-21-14-25(8-9-28(21)31(33)35)37-19-26-2-1-13-36-26/h7-12,14,17,20,22-23,26-27H,1-6,13,15-16,18-19H2/t22-,23+,26?,27?. The van der Waals surface area contributed by atoms with Gasteiger partial charge in [-0.05, 0) is 99.1 Å². The molecule has 1 saturated carbocycles. The maximum atomic E-state index is 15.2. The predicted molar refractivity (Wildman–Crippen MR) is 144 cm³/mol. The second kappa shape index (κ2) is 10.0. The summed E-state index contributed by atoms with van der Waals surface area (Å²) >= 11 is 0. The molecule has 7 rings (SSSR count). The van der Waals surface area contributed by atoms with E-state index in [1.54, 1.807) is 24.4 Å². The van der Waals surface area contributed by atoms with Gasteiger partial charge >= 0.3 is 0 Å². The van der Waals surface area contributed by atoms with Gasteiger partial charge in [-0.1, -0.05) is 0 Å². The summed E-state index contributed by atoms with van der Waals surface area (Å²) in [7, 11) is 0. The summed E-state index contributed by atoms with van der Waals surface area (Å²) in [6.07, 6.45) is 11.1. The van der Waals surface area contributed by atoms with Gasteiger partial charge in [-0.2, -0.15) is 0 Å². The molecule has 3 saturated heterocycles. The summed E-state index contributed by atoms with van der Waals surface area (Å²) in [5.41, 5.74) is 0.292. The molecule has 38 heavy (non-hydrogen) atoms. The van der Waals surface area contributed by atoms with Crippen molar-refractivity contribution in [3.63, 3.8) is 0 Å². The number of nitrogens with zero attached hydrogens (tertiary/aromatic N) is 2. The first kappa shape index (κ1) is 24.2. The lowest BCUT2D eigenvalue weighted by Crippen LogP contribution is -2.47. The van der Waals surface area contributed by atoms with Crippen molar-refractivity contribution in [2.75, 3.05) is 19.8 Å². The summed E-state index contributed by atoms with van der Waals surface area (Å²) in [5, 5.41) is 1.35. The van der Waals surface area contributed by atoms with E-state index in [-0.39, 0.29) is 23.5 Å². The summed E-state index contributed by atoms with van der Waals surface area (Å²) in [4.78, 5) is 16.0. The Morgan fingerprint density at radius 2 is 1.82 bits per heavy atom. The van der Waals surface area contributed by atoms with Gasteiger partial charge in [0.2, 0.25) is 0 Å². The Bertz CT molecular complexity index is 1370. The molecule has 1 aromatic heterocycles. The van der Waals surface area contributed by atoms with Crippen LogP contribution in [-0.2, 0) is 4.74 Å². The van der Waals surface area contributed by atoms with E-state index in [9.17, 15) is 4.79 Å². The lowest BCUT2D eigenvalue weighted by atomic mass is 9.99. The largest absolute Gasteiger partial charge is 0.491 e. The molecule has 0 amide bonds. The van der Waals surface area contributed by atoms with Crippen LogP contribution in [0.2, 0.25) is 0 Å². The maximum Gasteiger partial charge on any atom is 0.262 e. The third kappa shape index (κ3) is 4.82. The second-order valence-electron chi connectivity index (χ2n) is 11.5. The molecular formula is C31H35FN2O4. The third-order valence-corrected chi connectivity index (χ3v) is 8.83. The van der Waals surface area contributed by atoms with Gasteiger partial charge in [-0.15, -0.1) is 0 Å². The molecule has 4 atom stereocenters. The minimum Gasteiger partial charge on any atom is -0.491 e. The average Bonchev–Trinajstić information content (AvgIpc) is 3.52. The number of halogens is 1. The topological polar surface area (TPSA) is 52.9 Å². The molecule has 3 aliphatic heterocycles. The number of pyridine rings is 1. The first-order valence-corrected chi connectivity index (χ1v) is 14.2. The molecule has 0 radical (unpaired) electrons. The molecule has 6 nitrogen and oxygen atoms in total. The molecule has 0 N–H and O–H groups in total. The van der Waals surface area contributed by atoms with Gasteiger partial charge in [-0.3, -0.25) is 14.3 Å². The fourth-order valence-corrected chi connectivity index (χ4v) is 6.62. The Kier molecular flexibility index (Phi) is 6.36. The zero-order chi connectivity index (χ0) is 25.6. The summed E-state index contributed by atoms with van der Waals surface area (Å²) < 4.78 is 34.4. The number of fused-ring (bicyclic) bond motifs is 3. The van der Waals surface area contributed by atoms with Crippen LogP contribution in [0.4, 0.5) is 4.39 Å². The van der Waals surface area contributed by atoms with E-state index >= 15 is 4.39 Å². The monoisotopic (exact) mass is 518 g/mol. The lowest BCUT2D eigenvalue weighted by Gasteiger charge is -2.39. The van der Waals surface area contributed by atoms with Gasteiger partial charge in [0.25, 0.3) is 5.56 Å². The molecule has 4 aliphatic rings. The van der Waals surface area contributed by atoms with E-state index in [4.69, 9.17) is 14.2 Å². The van der Waals surface area contributed by atoms with Crippen molar-refractivity contribution >= 4 is 10.8 Å². The molecule has 4 heterocycles. The molecule has 2 unspecified atom stereocenters. The smallest absolute Gasteiger partial charge is 0.262 e. The van der Waals surface area contributed by atoms with Gasteiger partial charge in [0.1, 0.15) is 18.5 Å². The van der Waals surface area contributed by atoms with Gasteiger partial charge in [0.05, 0.1) is 11.8 Å². The van der Waals surface area contributed by atoms with Gasteiger partial charge in [0.15, 0.2) is 11.6 Å². The number of hydrogen-bond donors (Lipinski definition) is 0. The Hall–Kier alpha value is -2.90. The molecule has 200 valence electrons. The van der Waals surface area contributed by atoms with Crippen molar-refractivity contribution in [1.29, 1.82) is 0 Å². The van der Waals surface area contributed by atoms with Gasteiger partial charge < -0.3 is 14.2 Å². The van der Waals surface area contributed by atoms with Gasteiger partial charge in [-0.25, -0.2) is 4.39 Å². The zero-order valence-corrected chi connectivity index (χ0v) is 21.7. The first-order valence-electron chi connectivity index (χ1n) is 14.2. The van der Waals surface area contributed by atoms with Crippen molar-refractivity contribution in [3.8, 4) is 17.2 Å². The van der Waals surface area contributed by atoms with Crippen LogP contribution < -0.4 is 15.0 Å². The SMILES string of the molecule is O=c1c2ccc(OCC3CCCO3)cc2ccn1-c1ccc(OC2C[C@H]3CC[C@@H](C2)N3CC2CC2)c(F)c1. The summed E-state index contributed by atoms with van der Waals surface area (Å²) in [6.45, 7) is 2.53. The summed E-state index contributed by atoms with van der Waals surface area (Å²) in [6, 6.07) is 13.3. The highest BCUT2D eigenvalue weighted by Gasteiger charge is 2.43. The summed E-state index contributed by atoms with van der Waals surface area (Å²) in [5.74, 6) is 1.45. The number of rotatable bonds is 8. The van der Waals surface area contributed by atoms with Crippen LogP contribution in [0.1, 0.15) is 51.4 Å². The van der Waals surface area contributed by atoms with Crippen molar-refractivity contribution in [1.82, 2.24) is 9.47 Å². The molecule has 3 aromatic rings. The lowest BCUT2D eigenvalue weighted by molar-refractivity contribution is 0.0446. The quantitative estimate of drug-likeness (QED) is 0.396. The third-order valence-electron chi connectivity index (χ3n) is 8.83. The molecule has 2 aromatic carbocycles. The number of ether oxygens (including phenoxy) is 3. The van der Waals surface area contributed by atoms with Crippen molar-refractivity contribution in [2.24, 2.45) is 5.92 Å². The van der Waals surface area contributed by atoms with Crippen molar-refractivity contribution < 1.29 is 18.6 Å². The highest BCUT2D eigenvalue weighted by Crippen LogP contribution is 2.41. The van der Waals surface area contributed by atoms with E-state index < -0.39 is 5.82 Å². The number of aromatic nitrogens is 1. The van der Waals surface area contributed by atoms with Crippen molar-refractivity contribution in [3.05, 3.63) is 64.8 Å². The number of hydrogen-bond acceptors (Lipinski definition) is 5. The maximum absolute atomic E-state index is 15.2. The number of piperidine rings is 1. The minimum atomic E-state index is -0.430. The molecule has 2 bridgehead atoms. The fraction of sp³-hybridized carbons (Fsp3) is 0.516. The van der Waals surface area contributed by atoms with Crippen LogP contribution in [0.5, 0.6) is 11.5 Å². The molecule has 1 aliphatic carbocycles. The normalized spacial score (nSPS) is 27.2. The van der Waals surface area contributed by atoms with E-state index in [0.29, 0.717) is 35.5 Å². The first-order chi connectivity index (χ1) is 18.6. The predicted octanol–water partition coefficient (Wildman–Crippen LogP) is 5.47. The van der Waals surface area contributed by atoms with E-state index in [1.165, 1.54) is 42.9 Å². The van der Waals surface area contributed by atoms with Crippen LogP contribution in [0.25, 0.3) is 16.5 Å². The Morgan fingerprint density at radius 3 is 2.55 bits per heavy atom. The van der Waals surface area contributed by atoms with E-state index in [2.05, 4.69) is 4.90 Å². The molecule has 7 heteroatoms. The van der Waals surface area contributed by atoms with Crippen LogP contribution >= 0.6 is 0 Å². The highest BCUT2D eigenvalue weighted by atomic mass is 19.1. The van der Waals surface area contributed by atoms with Crippen LogP contribution in [-0.4, -0.2) is 53.5 Å². The van der Waals surface area contributed by atoms with Gasteiger partial charge in [0, 0.05) is 42.9 Å². The minimum absolute atomic E-state index is 0.0448. The molecular weight excluding hydrogens is 483 g/mol. The fourth-order valence-electron chi connectivity index (χ4n) is 6.62.